The molecule has 0 aliphatic heterocycles. The van der Waals surface area contributed by atoms with E-state index in [9.17, 15) is 0 Å². The number of rotatable bonds is 3. The van der Waals surface area contributed by atoms with Crippen LogP contribution in [0.15, 0.2) is 12.3 Å². The van der Waals surface area contributed by atoms with Crippen LogP contribution in [0.5, 0.6) is 0 Å². The normalized spacial score (nSPS) is 13.2. The molecule has 0 amide bonds. The van der Waals surface area contributed by atoms with Crippen molar-refractivity contribution in [2.24, 2.45) is 5.73 Å². The van der Waals surface area contributed by atoms with E-state index < -0.39 is 0 Å². The molecule has 0 aromatic heterocycles. The molecule has 8 heavy (non-hydrogen) atoms. The second kappa shape index (κ2) is 3.96. The molecule has 48 valence electrons. The summed E-state index contributed by atoms with van der Waals surface area (Å²) in [5.74, 6) is 0. The van der Waals surface area contributed by atoms with Gasteiger partial charge in [-0.3, -0.25) is 0 Å². The third kappa shape index (κ3) is 4.19. The number of hydrogen-bond acceptors (Lipinski definition) is 1. The van der Waals surface area contributed by atoms with Gasteiger partial charge in [-0.2, -0.15) is 0 Å². The highest BCUT2D eigenvalue weighted by Crippen LogP contribution is 2.10. The fourth-order valence-corrected chi connectivity index (χ4v) is 0.845. The van der Waals surface area contributed by atoms with Crippen molar-refractivity contribution in [2.75, 3.05) is 0 Å². The SMILES string of the molecule is C=C(N)C[C@@H](Br)CC. The van der Waals surface area contributed by atoms with Gasteiger partial charge in [0.1, 0.15) is 0 Å². The zero-order valence-corrected chi connectivity index (χ0v) is 6.74. The Morgan fingerprint density at radius 3 is 2.50 bits per heavy atom. The molecule has 0 fully saturated rings. The first-order valence-corrected chi connectivity index (χ1v) is 3.65. The van der Waals surface area contributed by atoms with Gasteiger partial charge in [0, 0.05) is 10.5 Å². The molecule has 0 aliphatic carbocycles. The molecule has 2 N–H and O–H groups in total. The van der Waals surface area contributed by atoms with E-state index in [0.29, 0.717) is 4.83 Å². The van der Waals surface area contributed by atoms with E-state index in [1.807, 2.05) is 0 Å². The van der Waals surface area contributed by atoms with Gasteiger partial charge >= 0.3 is 0 Å². The first-order chi connectivity index (χ1) is 3.66. The summed E-state index contributed by atoms with van der Waals surface area (Å²) in [5.41, 5.74) is 6.10. The molecule has 0 bridgehead atoms. The zero-order valence-electron chi connectivity index (χ0n) is 5.15. The van der Waals surface area contributed by atoms with E-state index in [1.54, 1.807) is 0 Å². The molecule has 0 aliphatic rings. The average molecular weight is 178 g/mol. The molecule has 0 aromatic rings. The predicted octanol–water partition coefficient (Wildman–Crippen LogP) is 2.02. The van der Waals surface area contributed by atoms with Crippen LogP contribution in [0.25, 0.3) is 0 Å². The summed E-state index contributed by atoms with van der Waals surface area (Å²) in [7, 11) is 0. The van der Waals surface area contributed by atoms with Crippen LogP contribution in [0.2, 0.25) is 0 Å². The number of allylic oxidation sites excluding steroid dienone is 1. The minimum Gasteiger partial charge on any atom is -0.402 e. The van der Waals surface area contributed by atoms with E-state index in [-0.39, 0.29) is 0 Å². The summed E-state index contributed by atoms with van der Waals surface area (Å²) in [6.45, 7) is 5.70. The number of alkyl halides is 1. The quantitative estimate of drug-likeness (QED) is 0.657. The molecule has 0 spiro atoms. The molecule has 0 aromatic carbocycles. The molecular formula is C6H12BrN. The van der Waals surface area contributed by atoms with E-state index in [2.05, 4.69) is 29.4 Å². The largest absolute Gasteiger partial charge is 0.402 e. The second-order valence-electron chi connectivity index (χ2n) is 1.87. The highest BCUT2D eigenvalue weighted by Gasteiger charge is 1.98. The van der Waals surface area contributed by atoms with Crippen molar-refractivity contribution in [2.45, 2.75) is 24.6 Å². The van der Waals surface area contributed by atoms with Crippen molar-refractivity contribution < 1.29 is 0 Å². The molecule has 0 rings (SSSR count). The molecule has 0 saturated heterocycles. The maximum atomic E-state index is 5.34. The van der Waals surface area contributed by atoms with Crippen LogP contribution in [0.4, 0.5) is 0 Å². The third-order valence-corrected chi connectivity index (χ3v) is 1.90. The van der Waals surface area contributed by atoms with E-state index >= 15 is 0 Å². The van der Waals surface area contributed by atoms with Crippen LogP contribution in [-0.4, -0.2) is 4.83 Å². The lowest BCUT2D eigenvalue weighted by molar-refractivity contribution is 0.817. The topological polar surface area (TPSA) is 26.0 Å². The van der Waals surface area contributed by atoms with Crippen LogP contribution < -0.4 is 5.73 Å². The summed E-state index contributed by atoms with van der Waals surface area (Å²) in [5, 5.41) is 0. The minimum absolute atomic E-state index is 0.514. The van der Waals surface area contributed by atoms with Gasteiger partial charge in [0.2, 0.25) is 0 Å². The molecule has 1 nitrogen and oxygen atoms in total. The molecule has 0 heterocycles. The fourth-order valence-electron chi connectivity index (χ4n) is 0.429. The van der Waals surface area contributed by atoms with Gasteiger partial charge < -0.3 is 5.73 Å². The summed E-state index contributed by atoms with van der Waals surface area (Å²) >= 11 is 3.44. The Bertz CT molecular complexity index is 80.6. The van der Waals surface area contributed by atoms with Gasteiger partial charge in [-0.1, -0.05) is 29.4 Å². The van der Waals surface area contributed by atoms with E-state index in [0.717, 1.165) is 18.5 Å². The highest BCUT2D eigenvalue weighted by atomic mass is 79.9. The lowest BCUT2D eigenvalue weighted by Crippen LogP contribution is -2.02. The Balaban J connectivity index is 3.24. The predicted molar refractivity (Wildman–Crippen MR) is 41.0 cm³/mol. The lowest BCUT2D eigenvalue weighted by Gasteiger charge is -2.03. The summed E-state index contributed by atoms with van der Waals surface area (Å²) < 4.78 is 0. The highest BCUT2D eigenvalue weighted by molar-refractivity contribution is 9.09. The Morgan fingerprint density at radius 2 is 2.38 bits per heavy atom. The van der Waals surface area contributed by atoms with Crippen molar-refractivity contribution in [3.63, 3.8) is 0 Å². The summed E-state index contributed by atoms with van der Waals surface area (Å²) in [6, 6.07) is 0. The molecule has 1 atom stereocenters. The van der Waals surface area contributed by atoms with Crippen LogP contribution >= 0.6 is 15.9 Å². The fraction of sp³-hybridized carbons (Fsp3) is 0.667. The first kappa shape index (κ1) is 8.02. The molecule has 2 heteroatoms. The molecule has 0 radical (unpaired) electrons. The van der Waals surface area contributed by atoms with Crippen molar-refractivity contribution in [3.05, 3.63) is 12.3 Å². The standard InChI is InChI=1S/C6H12BrN/c1-3-6(7)4-5(2)8/h6H,2-4,8H2,1H3/t6-/m0/s1. The Kier molecular flexibility index (Phi) is 3.97. The van der Waals surface area contributed by atoms with Gasteiger partial charge in [-0.25, -0.2) is 0 Å². The molecule has 0 saturated carbocycles. The number of halogens is 1. The Hall–Kier alpha value is 0.0200. The van der Waals surface area contributed by atoms with Gasteiger partial charge in [0.05, 0.1) is 0 Å². The second-order valence-corrected chi connectivity index (χ2v) is 3.16. The maximum Gasteiger partial charge on any atom is 0.0197 e. The number of nitrogens with two attached hydrogens (primary N) is 1. The van der Waals surface area contributed by atoms with Gasteiger partial charge in [-0.05, 0) is 12.8 Å². The van der Waals surface area contributed by atoms with E-state index in [4.69, 9.17) is 5.73 Å². The van der Waals surface area contributed by atoms with E-state index in [1.165, 1.54) is 0 Å². The van der Waals surface area contributed by atoms with Gasteiger partial charge in [0.15, 0.2) is 0 Å². The average Bonchev–Trinajstić information content (AvgIpc) is 1.65. The van der Waals surface area contributed by atoms with Crippen LogP contribution in [-0.2, 0) is 0 Å². The van der Waals surface area contributed by atoms with Crippen molar-refractivity contribution >= 4 is 15.9 Å². The van der Waals surface area contributed by atoms with Gasteiger partial charge in [-0.15, -0.1) is 0 Å². The minimum atomic E-state index is 0.514. The van der Waals surface area contributed by atoms with Crippen molar-refractivity contribution in [3.8, 4) is 0 Å². The summed E-state index contributed by atoms with van der Waals surface area (Å²) in [6.07, 6.45) is 1.99. The lowest BCUT2D eigenvalue weighted by atomic mass is 10.2. The Labute approximate surface area is 59.1 Å². The first-order valence-electron chi connectivity index (χ1n) is 2.74. The van der Waals surface area contributed by atoms with Crippen LogP contribution in [0.1, 0.15) is 19.8 Å². The maximum absolute atomic E-state index is 5.34. The zero-order chi connectivity index (χ0) is 6.57. The monoisotopic (exact) mass is 177 g/mol. The smallest absolute Gasteiger partial charge is 0.0197 e. The van der Waals surface area contributed by atoms with Crippen LogP contribution in [0, 0.1) is 0 Å². The van der Waals surface area contributed by atoms with Crippen molar-refractivity contribution in [1.29, 1.82) is 0 Å². The molecular weight excluding hydrogens is 166 g/mol. The third-order valence-electron chi connectivity index (χ3n) is 0.927. The van der Waals surface area contributed by atoms with Crippen LogP contribution in [0.3, 0.4) is 0 Å². The van der Waals surface area contributed by atoms with Gasteiger partial charge in [0.25, 0.3) is 0 Å². The van der Waals surface area contributed by atoms with Crippen molar-refractivity contribution in [1.82, 2.24) is 0 Å². The summed E-state index contributed by atoms with van der Waals surface area (Å²) in [4.78, 5) is 0.514. The molecule has 0 unspecified atom stereocenters. The number of hydrogen-bond donors (Lipinski definition) is 1. The Morgan fingerprint density at radius 1 is 1.88 bits per heavy atom.